The maximum absolute atomic E-state index is 13.5. The van der Waals surface area contributed by atoms with Crippen LogP contribution in [0.25, 0.3) is 22.2 Å². The van der Waals surface area contributed by atoms with Crippen molar-refractivity contribution in [2.24, 2.45) is 0 Å². The Morgan fingerprint density at radius 2 is 1.87 bits per heavy atom. The molecule has 8 nitrogen and oxygen atoms in total. The Balaban J connectivity index is 1.70. The van der Waals surface area contributed by atoms with Crippen molar-refractivity contribution >= 4 is 16.8 Å². The van der Waals surface area contributed by atoms with E-state index in [2.05, 4.69) is 25.4 Å². The quantitative estimate of drug-likeness (QED) is 0.477. The molecule has 0 aliphatic carbocycles. The molecule has 2 heterocycles. The molecule has 0 unspecified atom stereocenters. The first-order valence-corrected chi connectivity index (χ1v) is 10.3. The van der Waals surface area contributed by atoms with Crippen LogP contribution in [-0.4, -0.2) is 75.1 Å². The van der Waals surface area contributed by atoms with Crippen molar-refractivity contribution in [3.63, 3.8) is 0 Å². The van der Waals surface area contributed by atoms with Crippen LogP contribution in [0.4, 0.5) is 0 Å². The fourth-order valence-corrected chi connectivity index (χ4v) is 3.58. The maximum atomic E-state index is 13.5. The number of hydrogen-bond acceptors (Lipinski definition) is 5. The molecule has 0 bridgehead atoms. The molecule has 160 valence electrons. The Labute approximate surface area is 181 Å². The molecule has 0 saturated carbocycles. The standard InChI is InChI=1S/C23H27N7O/c1-28(2)12-7-13-29(3)23(31)22-21(18-10-11-20-19(14-18)15-24-25-20)26-27-30(22)16-17-8-5-4-6-9-17/h4-6,8-11,14-15H,7,12-13,16H2,1-3H3,(H,24,25). The number of amides is 1. The molecule has 0 aliphatic heterocycles. The first-order chi connectivity index (χ1) is 15.0. The van der Waals surface area contributed by atoms with Crippen molar-refractivity contribution in [3.8, 4) is 11.3 Å². The molecule has 4 aromatic rings. The van der Waals surface area contributed by atoms with E-state index in [-0.39, 0.29) is 5.91 Å². The Morgan fingerprint density at radius 3 is 2.65 bits per heavy atom. The van der Waals surface area contributed by atoms with Gasteiger partial charge in [0.1, 0.15) is 5.69 Å². The smallest absolute Gasteiger partial charge is 0.274 e. The minimum atomic E-state index is -0.0815. The van der Waals surface area contributed by atoms with Gasteiger partial charge in [-0.05, 0) is 44.8 Å². The number of aromatic nitrogens is 5. The largest absolute Gasteiger partial charge is 0.340 e. The summed E-state index contributed by atoms with van der Waals surface area (Å²) in [6, 6.07) is 15.9. The number of H-pyrrole nitrogens is 1. The lowest BCUT2D eigenvalue weighted by Gasteiger charge is -2.19. The van der Waals surface area contributed by atoms with Gasteiger partial charge in [0.25, 0.3) is 5.91 Å². The molecule has 4 rings (SSSR count). The number of nitrogens with one attached hydrogen (secondary N) is 1. The van der Waals surface area contributed by atoms with Gasteiger partial charge in [0, 0.05) is 24.5 Å². The Bertz CT molecular complexity index is 1160. The number of hydrogen-bond donors (Lipinski definition) is 1. The number of benzene rings is 2. The molecule has 0 spiro atoms. The molecule has 0 saturated heterocycles. The van der Waals surface area contributed by atoms with E-state index < -0.39 is 0 Å². The Morgan fingerprint density at radius 1 is 1.06 bits per heavy atom. The first-order valence-electron chi connectivity index (χ1n) is 10.3. The van der Waals surface area contributed by atoms with Crippen LogP contribution in [0.3, 0.4) is 0 Å². The summed E-state index contributed by atoms with van der Waals surface area (Å²) in [6.07, 6.45) is 2.66. The fourth-order valence-electron chi connectivity index (χ4n) is 3.58. The average molecular weight is 418 g/mol. The molecule has 1 N–H and O–H groups in total. The van der Waals surface area contributed by atoms with Crippen LogP contribution in [0.2, 0.25) is 0 Å². The maximum Gasteiger partial charge on any atom is 0.274 e. The molecular weight excluding hydrogens is 390 g/mol. The van der Waals surface area contributed by atoms with Gasteiger partial charge in [-0.15, -0.1) is 5.10 Å². The summed E-state index contributed by atoms with van der Waals surface area (Å²) in [5.74, 6) is -0.0815. The Kier molecular flexibility index (Phi) is 6.08. The summed E-state index contributed by atoms with van der Waals surface area (Å²) >= 11 is 0. The third-order valence-electron chi connectivity index (χ3n) is 5.27. The van der Waals surface area contributed by atoms with Crippen molar-refractivity contribution in [2.45, 2.75) is 13.0 Å². The third-order valence-corrected chi connectivity index (χ3v) is 5.27. The topological polar surface area (TPSA) is 82.9 Å². The van der Waals surface area contributed by atoms with Gasteiger partial charge in [-0.1, -0.05) is 41.6 Å². The van der Waals surface area contributed by atoms with Crippen LogP contribution in [0.1, 0.15) is 22.5 Å². The van der Waals surface area contributed by atoms with Crippen LogP contribution >= 0.6 is 0 Å². The van der Waals surface area contributed by atoms with Crippen molar-refractivity contribution < 1.29 is 4.79 Å². The van der Waals surface area contributed by atoms with E-state index in [1.165, 1.54) is 0 Å². The average Bonchev–Trinajstić information content (AvgIpc) is 3.40. The number of carbonyl (C=O) groups is 1. The molecule has 1 amide bonds. The lowest BCUT2D eigenvalue weighted by atomic mass is 10.1. The number of rotatable bonds is 8. The van der Waals surface area contributed by atoms with Gasteiger partial charge in [-0.3, -0.25) is 9.89 Å². The van der Waals surface area contributed by atoms with Gasteiger partial charge in [-0.2, -0.15) is 5.10 Å². The predicted octanol–water partition coefficient (Wildman–Crippen LogP) is 2.89. The molecular formula is C23H27N7O. The third kappa shape index (κ3) is 4.64. The summed E-state index contributed by atoms with van der Waals surface area (Å²) < 4.78 is 1.70. The van der Waals surface area contributed by atoms with E-state index in [0.717, 1.165) is 35.0 Å². The van der Waals surface area contributed by atoms with Crippen LogP contribution in [0, 0.1) is 0 Å². The van der Waals surface area contributed by atoms with Crippen molar-refractivity contribution in [3.05, 3.63) is 66.0 Å². The second-order valence-electron chi connectivity index (χ2n) is 7.99. The van der Waals surface area contributed by atoms with Gasteiger partial charge >= 0.3 is 0 Å². The predicted molar refractivity (Wildman–Crippen MR) is 121 cm³/mol. The Hall–Kier alpha value is -3.52. The molecule has 31 heavy (non-hydrogen) atoms. The van der Waals surface area contributed by atoms with Crippen LogP contribution in [-0.2, 0) is 6.54 Å². The SMILES string of the molecule is CN(C)CCCN(C)C(=O)c1c(-c2ccc3[nH]ncc3c2)nnn1Cc1ccccc1. The minimum Gasteiger partial charge on any atom is -0.340 e. The van der Waals surface area contributed by atoms with Gasteiger partial charge in [-0.25, -0.2) is 4.68 Å². The second kappa shape index (κ2) is 9.09. The second-order valence-corrected chi connectivity index (χ2v) is 7.99. The van der Waals surface area contributed by atoms with E-state index in [4.69, 9.17) is 0 Å². The molecule has 0 aliphatic rings. The number of carbonyl (C=O) groups excluding carboxylic acids is 1. The van der Waals surface area contributed by atoms with Crippen LogP contribution < -0.4 is 0 Å². The van der Waals surface area contributed by atoms with Crippen molar-refractivity contribution in [2.75, 3.05) is 34.2 Å². The highest BCUT2D eigenvalue weighted by Crippen LogP contribution is 2.26. The molecule has 2 aromatic carbocycles. The lowest BCUT2D eigenvalue weighted by molar-refractivity contribution is 0.0779. The van der Waals surface area contributed by atoms with E-state index in [1.807, 2.05) is 69.7 Å². The normalized spacial score (nSPS) is 11.4. The zero-order valence-corrected chi connectivity index (χ0v) is 18.1. The molecule has 0 atom stereocenters. The number of fused-ring (bicyclic) bond motifs is 1. The molecule has 0 fully saturated rings. The van der Waals surface area contributed by atoms with Gasteiger partial charge in [0.2, 0.25) is 0 Å². The first kappa shape index (κ1) is 20.7. The highest BCUT2D eigenvalue weighted by atomic mass is 16.2. The fraction of sp³-hybridized carbons (Fsp3) is 0.304. The van der Waals surface area contributed by atoms with Gasteiger partial charge in [0.15, 0.2) is 5.69 Å². The summed E-state index contributed by atoms with van der Waals surface area (Å²) in [6.45, 7) is 2.06. The number of nitrogens with zero attached hydrogens (tertiary/aromatic N) is 6. The molecule has 8 heteroatoms. The van der Waals surface area contributed by atoms with Gasteiger partial charge < -0.3 is 9.80 Å². The summed E-state index contributed by atoms with van der Waals surface area (Å²) in [4.78, 5) is 17.4. The zero-order valence-electron chi connectivity index (χ0n) is 18.1. The summed E-state index contributed by atoms with van der Waals surface area (Å²) in [5, 5.41) is 16.8. The molecule has 2 aromatic heterocycles. The zero-order chi connectivity index (χ0) is 21.8. The summed E-state index contributed by atoms with van der Waals surface area (Å²) in [5.41, 5.74) is 3.93. The van der Waals surface area contributed by atoms with Crippen molar-refractivity contribution in [1.29, 1.82) is 0 Å². The van der Waals surface area contributed by atoms with Crippen molar-refractivity contribution in [1.82, 2.24) is 35.0 Å². The monoisotopic (exact) mass is 417 g/mol. The van der Waals surface area contributed by atoms with Gasteiger partial charge in [0.05, 0.1) is 18.3 Å². The molecule has 0 radical (unpaired) electrons. The lowest BCUT2D eigenvalue weighted by Crippen LogP contribution is -2.32. The van der Waals surface area contributed by atoms with Crippen LogP contribution in [0.15, 0.2) is 54.7 Å². The summed E-state index contributed by atoms with van der Waals surface area (Å²) in [7, 11) is 5.90. The van der Waals surface area contributed by atoms with E-state index >= 15 is 0 Å². The van der Waals surface area contributed by atoms with E-state index in [1.54, 1.807) is 15.8 Å². The minimum absolute atomic E-state index is 0.0815. The van der Waals surface area contributed by atoms with Crippen LogP contribution in [0.5, 0.6) is 0 Å². The highest BCUT2D eigenvalue weighted by Gasteiger charge is 2.25. The number of aromatic amines is 1. The van der Waals surface area contributed by atoms with E-state index in [9.17, 15) is 4.79 Å². The highest BCUT2D eigenvalue weighted by molar-refractivity contribution is 5.99. The van der Waals surface area contributed by atoms with E-state index in [0.29, 0.717) is 24.5 Å².